The van der Waals surface area contributed by atoms with Crippen molar-refractivity contribution in [2.75, 3.05) is 0 Å². The van der Waals surface area contributed by atoms with Gasteiger partial charge in [-0.3, -0.25) is 0 Å². The normalized spacial score (nSPS) is 10.9. The van der Waals surface area contributed by atoms with Crippen LogP contribution in [0.2, 0.25) is 0 Å². The van der Waals surface area contributed by atoms with E-state index in [0.29, 0.717) is 6.04 Å². The molecule has 1 N–H and O–H groups in total. The van der Waals surface area contributed by atoms with Crippen molar-refractivity contribution >= 4 is 11.5 Å². The van der Waals surface area contributed by atoms with Gasteiger partial charge >= 0.3 is 0 Å². The monoisotopic (exact) mass is 233 g/mol. The Kier molecular flexibility index (Phi) is 3.64. The Morgan fingerprint density at radius 2 is 2.00 bits per heavy atom. The number of benzene rings is 1. The van der Waals surface area contributed by atoms with E-state index in [1.165, 1.54) is 16.4 Å². The van der Waals surface area contributed by atoms with E-state index in [9.17, 15) is 0 Å². The maximum atomic E-state index is 4.19. The Morgan fingerprint density at radius 1 is 1.25 bits per heavy atom. The average molecular weight is 233 g/mol. The predicted molar refractivity (Wildman–Crippen MR) is 67.3 cm³/mol. The zero-order valence-corrected chi connectivity index (χ0v) is 10.3. The van der Waals surface area contributed by atoms with Crippen molar-refractivity contribution in [1.82, 2.24) is 14.9 Å². The number of nitrogens with one attached hydrogen (secondary N) is 1. The molecule has 1 heterocycles. The van der Waals surface area contributed by atoms with E-state index in [0.717, 1.165) is 17.8 Å². The van der Waals surface area contributed by atoms with Crippen LogP contribution in [0.25, 0.3) is 11.3 Å². The third-order valence-electron chi connectivity index (χ3n) is 2.27. The van der Waals surface area contributed by atoms with Gasteiger partial charge in [-0.05, 0) is 11.5 Å². The molecule has 0 aliphatic rings. The molecule has 0 atom stereocenters. The number of hydrogen-bond donors (Lipinski definition) is 1. The minimum absolute atomic E-state index is 0.478. The van der Waals surface area contributed by atoms with Crippen molar-refractivity contribution < 1.29 is 0 Å². The third-order valence-corrected chi connectivity index (χ3v) is 3.00. The van der Waals surface area contributed by atoms with E-state index in [1.54, 1.807) is 0 Å². The molecule has 1 aromatic carbocycles. The summed E-state index contributed by atoms with van der Waals surface area (Å²) in [6, 6.07) is 10.7. The third kappa shape index (κ3) is 2.65. The summed E-state index contributed by atoms with van der Waals surface area (Å²) in [5.41, 5.74) is 2.13. The Balaban J connectivity index is 2.19. The van der Waals surface area contributed by atoms with Crippen LogP contribution in [-0.4, -0.2) is 15.6 Å². The summed E-state index contributed by atoms with van der Waals surface area (Å²) >= 11 is 1.46. The van der Waals surface area contributed by atoms with Crippen LogP contribution in [0.1, 0.15) is 18.7 Å². The Hall–Kier alpha value is -1.26. The first-order valence-corrected chi connectivity index (χ1v) is 6.14. The first-order chi connectivity index (χ1) is 7.77. The summed E-state index contributed by atoms with van der Waals surface area (Å²) in [6.07, 6.45) is 0. The van der Waals surface area contributed by atoms with E-state index in [4.69, 9.17) is 0 Å². The van der Waals surface area contributed by atoms with Crippen LogP contribution in [0.3, 0.4) is 0 Å². The summed E-state index contributed by atoms with van der Waals surface area (Å²) in [5, 5.41) is 7.58. The molecule has 0 radical (unpaired) electrons. The van der Waals surface area contributed by atoms with Crippen LogP contribution >= 0.6 is 11.5 Å². The molecular formula is C12H15N3S. The SMILES string of the molecule is CC(C)NCc1snnc1-c1ccccc1. The van der Waals surface area contributed by atoms with Gasteiger partial charge in [-0.25, -0.2) is 0 Å². The van der Waals surface area contributed by atoms with Crippen molar-refractivity contribution in [2.24, 2.45) is 0 Å². The summed E-state index contributed by atoms with van der Waals surface area (Å²) < 4.78 is 4.03. The largest absolute Gasteiger partial charge is 0.310 e. The zero-order valence-electron chi connectivity index (χ0n) is 9.47. The van der Waals surface area contributed by atoms with Gasteiger partial charge in [0, 0.05) is 18.2 Å². The highest BCUT2D eigenvalue weighted by molar-refractivity contribution is 7.05. The molecule has 16 heavy (non-hydrogen) atoms. The van der Waals surface area contributed by atoms with E-state index in [2.05, 4.69) is 40.9 Å². The highest BCUT2D eigenvalue weighted by Crippen LogP contribution is 2.23. The first-order valence-electron chi connectivity index (χ1n) is 5.37. The van der Waals surface area contributed by atoms with Crippen molar-refractivity contribution in [2.45, 2.75) is 26.4 Å². The van der Waals surface area contributed by atoms with Crippen LogP contribution in [0, 0.1) is 0 Å². The molecule has 0 amide bonds. The second-order valence-electron chi connectivity index (χ2n) is 3.95. The molecule has 2 rings (SSSR count). The Bertz CT molecular complexity index is 437. The molecule has 0 saturated heterocycles. The van der Waals surface area contributed by atoms with Gasteiger partial charge in [0.25, 0.3) is 0 Å². The second-order valence-corrected chi connectivity index (χ2v) is 4.79. The average Bonchev–Trinajstić information content (AvgIpc) is 2.75. The van der Waals surface area contributed by atoms with Gasteiger partial charge in [0.05, 0.1) is 4.88 Å². The van der Waals surface area contributed by atoms with Crippen LogP contribution in [-0.2, 0) is 6.54 Å². The maximum Gasteiger partial charge on any atom is 0.110 e. The second kappa shape index (κ2) is 5.18. The lowest BCUT2D eigenvalue weighted by atomic mass is 10.1. The minimum atomic E-state index is 0.478. The van der Waals surface area contributed by atoms with Crippen LogP contribution in [0.5, 0.6) is 0 Å². The van der Waals surface area contributed by atoms with Crippen molar-refractivity contribution in [3.05, 3.63) is 35.2 Å². The van der Waals surface area contributed by atoms with Crippen LogP contribution in [0.4, 0.5) is 0 Å². The van der Waals surface area contributed by atoms with Crippen LogP contribution in [0.15, 0.2) is 30.3 Å². The Morgan fingerprint density at radius 3 is 2.69 bits per heavy atom. The van der Waals surface area contributed by atoms with Gasteiger partial charge in [-0.2, -0.15) is 0 Å². The van der Waals surface area contributed by atoms with Gasteiger partial charge < -0.3 is 5.32 Å². The predicted octanol–water partition coefficient (Wildman–Crippen LogP) is 2.70. The lowest BCUT2D eigenvalue weighted by Crippen LogP contribution is -2.21. The highest BCUT2D eigenvalue weighted by Gasteiger charge is 2.09. The van der Waals surface area contributed by atoms with Crippen molar-refractivity contribution in [3.63, 3.8) is 0 Å². The molecule has 0 unspecified atom stereocenters. The van der Waals surface area contributed by atoms with Gasteiger partial charge in [-0.1, -0.05) is 48.7 Å². The number of nitrogens with zero attached hydrogens (tertiary/aromatic N) is 2. The number of aromatic nitrogens is 2. The molecule has 3 nitrogen and oxygen atoms in total. The molecule has 0 spiro atoms. The summed E-state index contributed by atoms with van der Waals surface area (Å²) in [6.45, 7) is 5.10. The van der Waals surface area contributed by atoms with Gasteiger partial charge in [-0.15, -0.1) is 5.10 Å². The minimum Gasteiger partial charge on any atom is -0.310 e. The standard InChI is InChI=1S/C12H15N3S/c1-9(2)13-8-11-12(14-15-16-11)10-6-4-3-5-7-10/h3-7,9,13H,8H2,1-2H3. The zero-order chi connectivity index (χ0) is 11.4. The lowest BCUT2D eigenvalue weighted by molar-refractivity contribution is 0.593. The van der Waals surface area contributed by atoms with E-state index in [-0.39, 0.29) is 0 Å². The highest BCUT2D eigenvalue weighted by atomic mass is 32.1. The quantitative estimate of drug-likeness (QED) is 0.882. The molecule has 1 aromatic heterocycles. The smallest absolute Gasteiger partial charge is 0.110 e. The number of hydrogen-bond acceptors (Lipinski definition) is 4. The molecule has 0 saturated carbocycles. The Labute approximate surface area is 99.7 Å². The number of rotatable bonds is 4. The lowest BCUT2D eigenvalue weighted by Gasteiger charge is -2.06. The molecule has 4 heteroatoms. The molecule has 0 aliphatic heterocycles. The molecule has 0 aliphatic carbocycles. The summed E-state index contributed by atoms with van der Waals surface area (Å²) in [5.74, 6) is 0. The van der Waals surface area contributed by atoms with Crippen molar-refractivity contribution in [3.8, 4) is 11.3 Å². The first kappa shape index (κ1) is 11.2. The molecule has 2 aromatic rings. The molecule has 0 bridgehead atoms. The molecule has 84 valence electrons. The summed E-state index contributed by atoms with van der Waals surface area (Å²) in [4.78, 5) is 1.19. The fraction of sp³-hybridized carbons (Fsp3) is 0.333. The van der Waals surface area contributed by atoms with E-state index < -0.39 is 0 Å². The fourth-order valence-electron chi connectivity index (χ4n) is 1.44. The molecule has 0 fully saturated rings. The van der Waals surface area contributed by atoms with E-state index in [1.807, 2.05) is 18.2 Å². The van der Waals surface area contributed by atoms with Crippen molar-refractivity contribution in [1.29, 1.82) is 0 Å². The maximum absolute atomic E-state index is 4.19. The van der Waals surface area contributed by atoms with Crippen LogP contribution < -0.4 is 5.32 Å². The van der Waals surface area contributed by atoms with Gasteiger partial charge in [0.1, 0.15) is 5.69 Å². The fourth-order valence-corrected chi connectivity index (χ4v) is 2.05. The van der Waals surface area contributed by atoms with Gasteiger partial charge in [0.15, 0.2) is 0 Å². The van der Waals surface area contributed by atoms with Gasteiger partial charge in [0.2, 0.25) is 0 Å². The topological polar surface area (TPSA) is 37.8 Å². The summed E-state index contributed by atoms with van der Waals surface area (Å²) in [7, 11) is 0. The van der Waals surface area contributed by atoms with E-state index >= 15 is 0 Å². The molecular weight excluding hydrogens is 218 g/mol.